The van der Waals surface area contributed by atoms with Crippen molar-refractivity contribution in [2.75, 3.05) is 0 Å². The van der Waals surface area contributed by atoms with E-state index in [-0.39, 0.29) is 0 Å². The Hall–Kier alpha value is -1.77. The second-order valence-corrected chi connectivity index (χ2v) is 4.64. The fourth-order valence-corrected chi connectivity index (χ4v) is 2.62. The van der Waals surface area contributed by atoms with Gasteiger partial charge in [0.15, 0.2) is 0 Å². The number of nitrogens with zero attached hydrogens (tertiary/aromatic N) is 2. The first-order valence-electron chi connectivity index (χ1n) is 6.17. The highest BCUT2D eigenvalue weighted by molar-refractivity contribution is 5.56. The summed E-state index contributed by atoms with van der Waals surface area (Å²) in [6.07, 6.45) is 9.07. The largest absolute Gasteiger partial charge is 0.508 e. The highest BCUT2D eigenvalue weighted by Crippen LogP contribution is 2.33. The predicted octanol–water partition coefficient (Wildman–Crippen LogP) is 3.37. The van der Waals surface area contributed by atoms with Gasteiger partial charge in [0.05, 0.1) is 0 Å². The van der Waals surface area contributed by atoms with E-state index in [1.54, 1.807) is 12.1 Å². The highest BCUT2D eigenvalue weighted by Gasteiger charge is 2.19. The topological polar surface area (TPSA) is 38.1 Å². The molecule has 1 aromatic carbocycles. The van der Waals surface area contributed by atoms with Crippen molar-refractivity contribution >= 4 is 0 Å². The van der Waals surface area contributed by atoms with Gasteiger partial charge in [-0.15, -0.1) is 0 Å². The Morgan fingerprint density at radius 3 is 2.53 bits per heavy atom. The van der Waals surface area contributed by atoms with Crippen molar-refractivity contribution in [2.45, 2.75) is 31.7 Å². The molecule has 1 fully saturated rings. The molecule has 1 N–H and O–H groups in total. The van der Waals surface area contributed by atoms with Crippen molar-refractivity contribution in [3.8, 4) is 17.1 Å². The zero-order chi connectivity index (χ0) is 11.7. The van der Waals surface area contributed by atoms with Gasteiger partial charge < -0.3 is 9.67 Å². The lowest BCUT2D eigenvalue weighted by molar-refractivity contribution is 0.475. The van der Waals surface area contributed by atoms with Gasteiger partial charge in [-0.25, -0.2) is 4.98 Å². The van der Waals surface area contributed by atoms with Gasteiger partial charge in [-0.05, 0) is 37.1 Å². The Morgan fingerprint density at radius 1 is 1.12 bits per heavy atom. The van der Waals surface area contributed by atoms with Gasteiger partial charge in [0.2, 0.25) is 0 Å². The van der Waals surface area contributed by atoms with Crippen LogP contribution in [-0.4, -0.2) is 14.7 Å². The molecule has 3 heteroatoms. The maximum absolute atomic E-state index is 9.31. The second kappa shape index (κ2) is 4.24. The molecule has 3 nitrogen and oxygen atoms in total. The van der Waals surface area contributed by atoms with Crippen LogP contribution in [0.25, 0.3) is 11.4 Å². The minimum absolute atomic E-state index is 0.299. The molecule has 0 spiro atoms. The lowest BCUT2D eigenvalue weighted by Crippen LogP contribution is -2.05. The van der Waals surface area contributed by atoms with Crippen molar-refractivity contribution in [2.24, 2.45) is 0 Å². The summed E-state index contributed by atoms with van der Waals surface area (Å²) in [5.74, 6) is 1.31. The normalized spacial score (nSPS) is 16.5. The monoisotopic (exact) mass is 228 g/mol. The molecule has 2 aromatic rings. The Labute approximate surface area is 101 Å². The summed E-state index contributed by atoms with van der Waals surface area (Å²) in [7, 11) is 0. The Kier molecular flexibility index (Phi) is 2.59. The first kappa shape index (κ1) is 10.4. The second-order valence-electron chi connectivity index (χ2n) is 4.64. The van der Waals surface area contributed by atoms with Crippen LogP contribution in [-0.2, 0) is 0 Å². The lowest BCUT2D eigenvalue weighted by atomic mass is 10.2. The molecule has 0 unspecified atom stereocenters. The Morgan fingerprint density at radius 2 is 1.82 bits per heavy atom. The first-order chi connectivity index (χ1) is 8.34. The Balaban J connectivity index is 1.97. The minimum Gasteiger partial charge on any atom is -0.508 e. The summed E-state index contributed by atoms with van der Waals surface area (Å²) in [6, 6.07) is 7.86. The van der Waals surface area contributed by atoms with Crippen LogP contribution >= 0.6 is 0 Å². The van der Waals surface area contributed by atoms with Crippen LogP contribution in [0.3, 0.4) is 0 Å². The Bertz CT molecular complexity index is 495. The molecule has 1 saturated carbocycles. The minimum atomic E-state index is 0.299. The molecule has 3 rings (SSSR count). The fraction of sp³-hybridized carbons (Fsp3) is 0.357. The van der Waals surface area contributed by atoms with E-state index in [2.05, 4.69) is 15.7 Å². The van der Waals surface area contributed by atoms with Crippen molar-refractivity contribution in [3.63, 3.8) is 0 Å². The third-order valence-electron chi connectivity index (χ3n) is 3.51. The van der Waals surface area contributed by atoms with Gasteiger partial charge >= 0.3 is 0 Å². The van der Waals surface area contributed by atoms with Gasteiger partial charge in [-0.2, -0.15) is 0 Å². The highest BCUT2D eigenvalue weighted by atomic mass is 16.3. The molecule has 0 atom stereocenters. The van der Waals surface area contributed by atoms with Crippen LogP contribution in [0, 0.1) is 0 Å². The maximum Gasteiger partial charge on any atom is 0.140 e. The number of phenols is 1. The maximum atomic E-state index is 9.31. The van der Waals surface area contributed by atoms with Crippen LogP contribution in [0.2, 0.25) is 0 Å². The number of phenolic OH excluding ortho intramolecular Hbond substituents is 1. The summed E-state index contributed by atoms with van der Waals surface area (Å²) in [4.78, 5) is 4.44. The van der Waals surface area contributed by atoms with E-state index in [9.17, 15) is 5.11 Å². The number of imidazole rings is 1. The number of benzene rings is 1. The SMILES string of the molecule is Oc1ccc(-c2nccn2C2CCCC2)cc1. The molecule has 17 heavy (non-hydrogen) atoms. The fourth-order valence-electron chi connectivity index (χ4n) is 2.62. The van der Waals surface area contributed by atoms with E-state index in [4.69, 9.17) is 0 Å². The zero-order valence-corrected chi connectivity index (χ0v) is 9.71. The number of hydrogen-bond donors (Lipinski definition) is 1. The molecule has 1 heterocycles. The van der Waals surface area contributed by atoms with Gasteiger partial charge in [0.1, 0.15) is 11.6 Å². The van der Waals surface area contributed by atoms with E-state index in [1.165, 1.54) is 25.7 Å². The molecular weight excluding hydrogens is 212 g/mol. The van der Waals surface area contributed by atoms with Gasteiger partial charge in [0.25, 0.3) is 0 Å². The molecule has 1 aliphatic rings. The van der Waals surface area contributed by atoms with E-state index < -0.39 is 0 Å². The molecule has 0 radical (unpaired) electrons. The average molecular weight is 228 g/mol. The average Bonchev–Trinajstić information content (AvgIpc) is 3.00. The summed E-state index contributed by atoms with van der Waals surface area (Å²) < 4.78 is 2.28. The third-order valence-corrected chi connectivity index (χ3v) is 3.51. The summed E-state index contributed by atoms with van der Waals surface area (Å²) in [5, 5.41) is 9.31. The van der Waals surface area contributed by atoms with Crippen LogP contribution in [0.1, 0.15) is 31.7 Å². The van der Waals surface area contributed by atoms with Crippen molar-refractivity contribution in [3.05, 3.63) is 36.7 Å². The van der Waals surface area contributed by atoms with Crippen LogP contribution < -0.4 is 0 Å². The van der Waals surface area contributed by atoms with Crippen molar-refractivity contribution in [1.82, 2.24) is 9.55 Å². The zero-order valence-electron chi connectivity index (χ0n) is 9.71. The molecule has 0 saturated heterocycles. The van der Waals surface area contributed by atoms with E-state index in [0.717, 1.165) is 11.4 Å². The molecule has 88 valence electrons. The molecule has 1 aromatic heterocycles. The van der Waals surface area contributed by atoms with Gasteiger partial charge in [0, 0.05) is 24.0 Å². The number of hydrogen-bond acceptors (Lipinski definition) is 2. The quantitative estimate of drug-likeness (QED) is 0.855. The number of aromatic nitrogens is 2. The lowest BCUT2D eigenvalue weighted by Gasteiger charge is -2.14. The van der Waals surface area contributed by atoms with Crippen LogP contribution in [0.5, 0.6) is 5.75 Å². The van der Waals surface area contributed by atoms with E-state index in [0.29, 0.717) is 11.8 Å². The number of aromatic hydroxyl groups is 1. The van der Waals surface area contributed by atoms with E-state index in [1.807, 2.05) is 18.3 Å². The summed E-state index contributed by atoms with van der Waals surface area (Å²) in [5.41, 5.74) is 1.07. The molecular formula is C14H16N2O. The van der Waals surface area contributed by atoms with Crippen molar-refractivity contribution in [1.29, 1.82) is 0 Å². The summed E-state index contributed by atoms with van der Waals surface area (Å²) >= 11 is 0. The molecule has 1 aliphatic carbocycles. The van der Waals surface area contributed by atoms with Crippen molar-refractivity contribution < 1.29 is 5.11 Å². The number of rotatable bonds is 2. The third kappa shape index (κ3) is 1.93. The van der Waals surface area contributed by atoms with Crippen LogP contribution in [0.4, 0.5) is 0 Å². The predicted molar refractivity (Wildman–Crippen MR) is 66.8 cm³/mol. The van der Waals surface area contributed by atoms with Crippen LogP contribution in [0.15, 0.2) is 36.7 Å². The summed E-state index contributed by atoms with van der Waals surface area (Å²) in [6.45, 7) is 0. The molecule has 0 amide bonds. The van der Waals surface area contributed by atoms with Gasteiger partial charge in [-0.1, -0.05) is 12.8 Å². The smallest absolute Gasteiger partial charge is 0.140 e. The molecule has 0 bridgehead atoms. The first-order valence-corrected chi connectivity index (χ1v) is 6.17. The standard InChI is InChI=1S/C14H16N2O/c17-13-7-5-11(6-8-13)14-15-9-10-16(14)12-3-1-2-4-12/h5-10,12,17H,1-4H2. The van der Waals surface area contributed by atoms with E-state index >= 15 is 0 Å². The molecule has 0 aliphatic heterocycles. The van der Waals surface area contributed by atoms with Gasteiger partial charge in [-0.3, -0.25) is 0 Å².